The molecule has 0 spiro atoms. The Labute approximate surface area is 189 Å². The standard InChI is InChI=1S/C31H36/c1-27(2,3)29(21-13-14-22-29)31(25-17-9-7-10-18-25,26-19-11-8-12-20-26)30(28(4,5)6)23-15-16-24-30/h7-24H,1-6H3. The van der Waals surface area contributed by atoms with Gasteiger partial charge in [0.15, 0.2) is 0 Å². The minimum atomic E-state index is -0.341. The van der Waals surface area contributed by atoms with Gasteiger partial charge >= 0.3 is 0 Å². The summed E-state index contributed by atoms with van der Waals surface area (Å²) in [5.74, 6) is 0. The van der Waals surface area contributed by atoms with Crippen molar-refractivity contribution in [2.24, 2.45) is 21.7 Å². The molecule has 0 bridgehead atoms. The molecule has 0 saturated carbocycles. The first-order chi connectivity index (χ1) is 14.6. The first-order valence-corrected chi connectivity index (χ1v) is 11.5. The first kappa shape index (κ1) is 21.6. The molecular weight excluding hydrogens is 372 g/mol. The molecule has 0 radical (unpaired) electrons. The Morgan fingerprint density at radius 3 is 1.00 bits per heavy atom. The summed E-state index contributed by atoms with van der Waals surface area (Å²) >= 11 is 0. The molecule has 0 atom stereocenters. The topological polar surface area (TPSA) is 0 Å². The van der Waals surface area contributed by atoms with Crippen LogP contribution in [0.15, 0.2) is 109 Å². The van der Waals surface area contributed by atoms with Gasteiger partial charge in [0.1, 0.15) is 0 Å². The van der Waals surface area contributed by atoms with Gasteiger partial charge in [-0.3, -0.25) is 0 Å². The van der Waals surface area contributed by atoms with E-state index in [1.54, 1.807) is 0 Å². The van der Waals surface area contributed by atoms with E-state index in [0.29, 0.717) is 0 Å². The zero-order valence-corrected chi connectivity index (χ0v) is 19.9. The van der Waals surface area contributed by atoms with Crippen LogP contribution in [0, 0.1) is 21.7 Å². The Hall–Kier alpha value is -2.60. The maximum atomic E-state index is 2.47. The van der Waals surface area contributed by atoms with Crippen LogP contribution in [0.25, 0.3) is 0 Å². The summed E-state index contributed by atoms with van der Waals surface area (Å²) in [7, 11) is 0. The van der Waals surface area contributed by atoms with Crippen LogP contribution in [0.2, 0.25) is 0 Å². The lowest BCUT2D eigenvalue weighted by molar-refractivity contribution is 0.000703. The van der Waals surface area contributed by atoms with Crippen LogP contribution in [0.3, 0.4) is 0 Å². The Bertz CT molecular complexity index is 919. The maximum absolute atomic E-state index is 2.47. The van der Waals surface area contributed by atoms with Crippen LogP contribution in [-0.2, 0) is 5.41 Å². The van der Waals surface area contributed by atoms with E-state index in [2.05, 4.69) is 151 Å². The fraction of sp³-hybridized carbons (Fsp3) is 0.355. The van der Waals surface area contributed by atoms with E-state index >= 15 is 0 Å². The molecule has 0 heteroatoms. The van der Waals surface area contributed by atoms with Crippen LogP contribution < -0.4 is 0 Å². The average Bonchev–Trinajstić information content (AvgIpc) is 3.41. The highest BCUT2D eigenvalue weighted by atomic mass is 14.7. The van der Waals surface area contributed by atoms with Gasteiger partial charge in [0.25, 0.3) is 0 Å². The maximum Gasteiger partial charge on any atom is 0.0463 e. The van der Waals surface area contributed by atoms with Crippen LogP contribution in [0.1, 0.15) is 52.7 Å². The molecule has 0 fully saturated rings. The van der Waals surface area contributed by atoms with Crippen LogP contribution in [-0.4, -0.2) is 0 Å². The number of allylic oxidation sites excluding steroid dienone is 8. The third kappa shape index (κ3) is 2.80. The van der Waals surface area contributed by atoms with E-state index in [4.69, 9.17) is 0 Å². The molecule has 4 rings (SSSR count). The highest BCUT2D eigenvalue weighted by Gasteiger charge is 2.68. The van der Waals surface area contributed by atoms with Gasteiger partial charge < -0.3 is 0 Å². The van der Waals surface area contributed by atoms with Crippen LogP contribution >= 0.6 is 0 Å². The number of hydrogen-bond donors (Lipinski definition) is 0. The monoisotopic (exact) mass is 408 g/mol. The second kappa shape index (κ2) is 7.23. The third-order valence-electron chi connectivity index (χ3n) is 7.80. The SMILES string of the molecule is CC(C)(C)C1(C(c2ccccc2)(c2ccccc2)C2(C(C)(C)C)C=CC=C2)C=CC=C1. The lowest BCUT2D eigenvalue weighted by atomic mass is 9.37. The van der Waals surface area contributed by atoms with Crippen molar-refractivity contribution in [2.75, 3.05) is 0 Å². The minimum Gasteiger partial charge on any atom is -0.0728 e. The van der Waals surface area contributed by atoms with Crippen molar-refractivity contribution in [3.8, 4) is 0 Å². The predicted octanol–water partition coefficient (Wildman–Crippen LogP) is 8.29. The highest BCUT2D eigenvalue weighted by molar-refractivity contribution is 5.58. The van der Waals surface area contributed by atoms with Gasteiger partial charge in [-0.2, -0.15) is 0 Å². The molecule has 0 amide bonds. The molecule has 0 nitrogen and oxygen atoms in total. The highest BCUT2D eigenvalue weighted by Crippen LogP contribution is 2.71. The lowest BCUT2D eigenvalue weighted by Crippen LogP contribution is -2.63. The molecule has 2 aromatic carbocycles. The van der Waals surface area contributed by atoms with Gasteiger partial charge in [0, 0.05) is 16.2 Å². The smallest absolute Gasteiger partial charge is 0.0463 e. The van der Waals surface area contributed by atoms with Crippen LogP contribution in [0.4, 0.5) is 0 Å². The minimum absolute atomic E-state index is 0.0231. The predicted molar refractivity (Wildman–Crippen MR) is 134 cm³/mol. The summed E-state index contributed by atoms with van der Waals surface area (Å²) in [6.45, 7) is 14.4. The van der Waals surface area contributed by atoms with Crippen molar-refractivity contribution < 1.29 is 0 Å². The molecule has 0 saturated heterocycles. The fourth-order valence-corrected chi connectivity index (χ4v) is 6.41. The third-order valence-corrected chi connectivity index (χ3v) is 7.80. The molecule has 160 valence electrons. The number of benzene rings is 2. The largest absolute Gasteiger partial charge is 0.0728 e. The lowest BCUT2D eigenvalue weighted by Gasteiger charge is -2.65. The molecule has 0 unspecified atom stereocenters. The van der Waals surface area contributed by atoms with Crippen LogP contribution in [0.5, 0.6) is 0 Å². The Balaban J connectivity index is 2.29. The summed E-state index contributed by atoms with van der Waals surface area (Å²) in [6, 6.07) is 22.4. The molecule has 0 N–H and O–H groups in total. The Kier molecular flexibility index (Phi) is 5.04. The zero-order chi connectivity index (χ0) is 22.4. The van der Waals surface area contributed by atoms with Crippen molar-refractivity contribution in [3.05, 3.63) is 120 Å². The molecule has 0 heterocycles. The van der Waals surface area contributed by atoms with E-state index in [0.717, 1.165) is 0 Å². The van der Waals surface area contributed by atoms with Gasteiger partial charge in [-0.1, -0.05) is 151 Å². The molecule has 2 aliphatic rings. The van der Waals surface area contributed by atoms with E-state index < -0.39 is 0 Å². The molecular formula is C31H36. The average molecular weight is 409 g/mol. The molecule has 0 aromatic heterocycles. The Morgan fingerprint density at radius 2 is 0.742 bits per heavy atom. The summed E-state index contributed by atoms with van der Waals surface area (Å²) in [6.07, 6.45) is 18.9. The summed E-state index contributed by atoms with van der Waals surface area (Å²) < 4.78 is 0. The summed E-state index contributed by atoms with van der Waals surface area (Å²) in [5.41, 5.74) is 1.88. The molecule has 2 aromatic rings. The van der Waals surface area contributed by atoms with E-state index in [9.17, 15) is 0 Å². The second-order valence-corrected chi connectivity index (χ2v) is 11.2. The summed E-state index contributed by atoms with van der Waals surface area (Å²) in [5, 5.41) is 0. The van der Waals surface area contributed by atoms with Crippen molar-refractivity contribution in [1.82, 2.24) is 0 Å². The van der Waals surface area contributed by atoms with Gasteiger partial charge in [-0.25, -0.2) is 0 Å². The zero-order valence-electron chi connectivity index (χ0n) is 19.9. The first-order valence-electron chi connectivity index (χ1n) is 11.5. The summed E-state index contributed by atoms with van der Waals surface area (Å²) in [4.78, 5) is 0. The quantitative estimate of drug-likeness (QED) is 0.477. The van der Waals surface area contributed by atoms with Crippen molar-refractivity contribution in [3.63, 3.8) is 0 Å². The van der Waals surface area contributed by atoms with Gasteiger partial charge in [-0.15, -0.1) is 0 Å². The van der Waals surface area contributed by atoms with Gasteiger partial charge in [0.2, 0.25) is 0 Å². The fourth-order valence-electron chi connectivity index (χ4n) is 6.41. The van der Waals surface area contributed by atoms with Crippen molar-refractivity contribution in [1.29, 1.82) is 0 Å². The second-order valence-electron chi connectivity index (χ2n) is 11.2. The number of rotatable bonds is 4. The molecule has 31 heavy (non-hydrogen) atoms. The molecule has 2 aliphatic carbocycles. The van der Waals surface area contributed by atoms with Crippen molar-refractivity contribution in [2.45, 2.75) is 47.0 Å². The Morgan fingerprint density at radius 1 is 0.452 bits per heavy atom. The van der Waals surface area contributed by atoms with Crippen molar-refractivity contribution >= 4 is 0 Å². The van der Waals surface area contributed by atoms with E-state index in [1.165, 1.54) is 11.1 Å². The van der Waals surface area contributed by atoms with E-state index in [-0.39, 0.29) is 27.1 Å². The molecule has 0 aliphatic heterocycles. The van der Waals surface area contributed by atoms with Gasteiger partial charge in [-0.05, 0) is 22.0 Å². The van der Waals surface area contributed by atoms with E-state index in [1.807, 2.05) is 0 Å². The normalized spacial score (nSPS) is 19.3. The van der Waals surface area contributed by atoms with Gasteiger partial charge in [0.05, 0.1) is 0 Å². The number of hydrogen-bond acceptors (Lipinski definition) is 0.